The lowest BCUT2D eigenvalue weighted by Gasteiger charge is -2.12. The molecule has 0 radical (unpaired) electrons. The maximum atomic E-state index is 2.43. The molecule has 1 aliphatic carbocycles. The zero-order chi connectivity index (χ0) is 7.94. The van der Waals surface area contributed by atoms with Gasteiger partial charge in [-0.3, -0.25) is 0 Å². The summed E-state index contributed by atoms with van der Waals surface area (Å²) >= 11 is 0. The first-order valence-corrected chi connectivity index (χ1v) is 4.48. The second-order valence-electron chi connectivity index (χ2n) is 4.68. The molecule has 60 valence electrons. The van der Waals surface area contributed by atoms with E-state index in [0.29, 0.717) is 5.41 Å². The highest BCUT2D eigenvalue weighted by Gasteiger charge is 2.54. The monoisotopic (exact) mass is 140 g/mol. The maximum absolute atomic E-state index is 2.43. The third-order valence-corrected chi connectivity index (χ3v) is 3.57. The normalized spacial score (nSPS) is 46.2. The summed E-state index contributed by atoms with van der Waals surface area (Å²) in [4.78, 5) is 0. The molecule has 1 aliphatic rings. The average Bonchev–Trinajstić information content (AvgIpc) is 2.18. The van der Waals surface area contributed by atoms with Crippen molar-refractivity contribution in [1.82, 2.24) is 0 Å². The van der Waals surface area contributed by atoms with Crippen molar-refractivity contribution in [3.63, 3.8) is 0 Å². The molecule has 0 heterocycles. The van der Waals surface area contributed by atoms with Gasteiger partial charge in [0.25, 0.3) is 0 Å². The molecule has 0 aromatic rings. The Kier molecular flexibility index (Phi) is 1.82. The van der Waals surface area contributed by atoms with Crippen LogP contribution in [0.4, 0.5) is 0 Å². The van der Waals surface area contributed by atoms with E-state index < -0.39 is 0 Å². The summed E-state index contributed by atoms with van der Waals surface area (Å²) in [6.45, 7) is 11.8. The topological polar surface area (TPSA) is 0 Å². The molecule has 1 fully saturated rings. The van der Waals surface area contributed by atoms with Gasteiger partial charge >= 0.3 is 0 Å². The molecule has 1 rings (SSSR count). The van der Waals surface area contributed by atoms with Crippen molar-refractivity contribution in [2.24, 2.45) is 23.2 Å². The highest BCUT2D eigenvalue weighted by Crippen LogP contribution is 2.61. The van der Waals surface area contributed by atoms with Crippen LogP contribution in [0.1, 0.15) is 41.0 Å². The fourth-order valence-corrected chi connectivity index (χ4v) is 2.32. The molecule has 0 spiro atoms. The summed E-state index contributed by atoms with van der Waals surface area (Å²) < 4.78 is 0. The first-order chi connectivity index (χ1) is 4.48. The standard InChI is InChI=1S/C10H20/c1-7(2)6-10(5)8(3)9(10)4/h7-9H,6H2,1-5H3. The van der Waals surface area contributed by atoms with Gasteiger partial charge in [-0.1, -0.05) is 34.6 Å². The Hall–Kier alpha value is 0. The molecule has 0 N–H and O–H groups in total. The van der Waals surface area contributed by atoms with E-state index in [-0.39, 0.29) is 0 Å². The summed E-state index contributed by atoms with van der Waals surface area (Å²) in [5.74, 6) is 2.81. The Morgan fingerprint density at radius 2 is 1.60 bits per heavy atom. The Bertz CT molecular complexity index is 116. The predicted molar refractivity (Wildman–Crippen MR) is 45.9 cm³/mol. The van der Waals surface area contributed by atoms with Crippen LogP contribution in [-0.4, -0.2) is 0 Å². The second kappa shape index (κ2) is 2.25. The van der Waals surface area contributed by atoms with E-state index in [1.165, 1.54) is 6.42 Å². The lowest BCUT2D eigenvalue weighted by molar-refractivity contribution is 0.378. The van der Waals surface area contributed by atoms with Crippen molar-refractivity contribution in [2.75, 3.05) is 0 Å². The fraction of sp³-hybridized carbons (Fsp3) is 1.00. The van der Waals surface area contributed by atoms with Crippen molar-refractivity contribution in [2.45, 2.75) is 41.0 Å². The quantitative estimate of drug-likeness (QED) is 0.552. The van der Waals surface area contributed by atoms with Crippen molar-refractivity contribution >= 4 is 0 Å². The summed E-state index contributed by atoms with van der Waals surface area (Å²) in [6.07, 6.45) is 1.41. The van der Waals surface area contributed by atoms with Crippen LogP contribution in [0.2, 0.25) is 0 Å². The van der Waals surface area contributed by atoms with Crippen LogP contribution in [0.15, 0.2) is 0 Å². The van der Waals surface area contributed by atoms with E-state index in [0.717, 1.165) is 17.8 Å². The van der Waals surface area contributed by atoms with E-state index >= 15 is 0 Å². The van der Waals surface area contributed by atoms with Crippen LogP contribution in [0.5, 0.6) is 0 Å². The van der Waals surface area contributed by atoms with E-state index in [4.69, 9.17) is 0 Å². The summed E-state index contributed by atoms with van der Waals surface area (Å²) in [5, 5.41) is 0. The molecule has 0 saturated heterocycles. The van der Waals surface area contributed by atoms with E-state index in [1.807, 2.05) is 0 Å². The van der Waals surface area contributed by atoms with Gasteiger partial charge in [0.05, 0.1) is 0 Å². The van der Waals surface area contributed by atoms with Gasteiger partial charge in [-0.2, -0.15) is 0 Å². The zero-order valence-electron chi connectivity index (χ0n) is 7.94. The minimum atomic E-state index is 0.689. The number of hydrogen-bond acceptors (Lipinski definition) is 0. The van der Waals surface area contributed by atoms with Gasteiger partial charge in [0.15, 0.2) is 0 Å². The smallest absolute Gasteiger partial charge is 0.0267 e. The molecule has 1 saturated carbocycles. The highest BCUT2D eigenvalue weighted by molar-refractivity contribution is 5.02. The van der Waals surface area contributed by atoms with E-state index in [2.05, 4.69) is 34.6 Å². The van der Waals surface area contributed by atoms with Crippen molar-refractivity contribution < 1.29 is 0 Å². The number of rotatable bonds is 2. The first-order valence-electron chi connectivity index (χ1n) is 4.48. The van der Waals surface area contributed by atoms with Crippen molar-refractivity contribution in [3.05, 3.63) is 0 Å². The zero-order valence-corrected chi connectivity index (χ0v) is 7.94. The summed E-state index contributed by atoms with van der Waals surface area (Å²) in [7, 11) is 0. The van der Waals surface area contributed by atoms with E-state index in [1.54, 1.807) is 0 Å². The molecule has 2 unspecified atom stereocenters. The lowest BCUT2D eigenvalue weighted by atomic mass is 9.93. The van der Waals surface area contributed by atoms with Gasteiger partial charge in [0, 0.05) is 0 Å². The molecular weight excluding hydrogens is 120 g/mol. The lowest BCUT2D eigenvalue weighted by Crippen LogP contribution is -2.03. The Balaban J connectivity index is 2.42. The van der Waals surface area contributed by atoms with Gasteiger partial charge < -0.3 is 0 Å². The molecular formula is C10H20. The third kappa shape index (κ3) is 1.09. The highest BCUT2D eigenvalue weighted by atomic mass is 14.6. The molecule has 10 heavy (non-hydrogen) atoms. The molecule has 0 aromatic carbocycles. The molecule has 0 aliphatic heterocycles. The maximum Gasteiger partial charge on any atom is -0.0267 e. The van der Waals surface area contributed by atoms with Gasteiger partial charge in [-0.05, 0) is 29.6 Å². The van der Waals surface area contributed by atoms with Gasteiger partial charge in [0.1, 0.15) is 0 Å². The fourth-order valence-electron chi connectivity index (χ4n) is 2.32. The molecule has 0 heteroatoms. The average molecular weight is 140 g/mol. The Morgan fingerprint density at radius 3 is 1.70 bits per heavy atom. The van der Waals surface area contributed by atoms with Crippen LogP contribution in [-0.2, 0) is 0 Å². The van der Waals surface area contributed by atoms with E-state index in [9.17, 15) is 0 Å². The van der Waals surface area contributed by atoms with Gasteiger partial charge in [-0.15, -0.1) is 0 Å². The van der Waals surface area contributed by atoms with Crippen LogP contribution in [0, 0.1) is 23.2 Å². The molecule has 0 nitrogen and oxygen atoms in total. The third-order valence-electron chi connectivity index (χ3n) is 3.57. The molecule has 0 amide bonds. The van der Waals surface area contributed by atoms with Crippen LogP contribution in [0.3, 0.4) is 0 Å². The van der Waals surface area contributed by atoms with Crippen LogP contribution in [0.25, 0.3) is 0 Å². The Morgan fingerprint density at radius 1 is 1.20 bits per heavy atom. The van der Waals surface area contributed by atoms with Crippen LogP contribution < -0.4 is 0 Å². The molecule has 0 aromatic heterocycles. The van der Waals surface area contributed by atoms with Crippen LogP contribution >= 0.6 is 0 Å². The number of hydrogen-bond donors (Lipinski definition) is 0. The predicted octanol–water partition coefficient (Wildman–Crippen LogP) is 3.32. The SMILES string of the molecule is CC(C)CC1(C)C(C)C1C. The van der Waals surface area contributed by atoms with Crippen molar-refractivity contribution in [1.29, 1.82) is 0 Å². The summed E-state index contributed by atoms with van der Waals surface area (Å²) in [6, 6.07) is 0. The minimum Gasteiger partial charge on any atom is -0.0628 e. The second-order valence-corrected chi connectivity index (χ2v) is 4.68. The largest absolute Gasteiger partial charge is 0.0628 e. The van der Waals surface area contributed by atoms with Crippen molar-refractivity contribution in [3.8, 4) is 0 Å². The molecule has 0 bridgehead atoms. The minimum absolute atomic E-state index is 0.689. The van der Waals surface area contributed by atoms with Gasteiger partial charge in [0.2, 0.25) is 0 Å². The molecule has 2 atom stereocenters. The summed E-state index contributed by atoms with van der Waals surface area (Å²) in [5.41, 5.74) is 0.689. The Labute approximate surface area is 65.0 Å². The first kappa shape index (κ1) is 8.10. The van der Waals surface area contributed by atoms with Gasteiger partial charge in [-0.25, -0.2) is 0 Å².